The van der Waals surface area contributed by atoms with E-state index in [1.54, 1.807) is 0 Å². The number of imidazole rings is 1. The molecule has 0 spiro atoms. The van der Waals surface area contributed by atoms with Gasteiger partial charge in [0, 0.05) is 78.0 Å². The van der Waals surface area contributed by atoms with E-state index in [0.717, 1.165) is 76.1 Å². The molecule has 11 heteroatoms. The first kappa shape index (κ1) is 38.5. The number of nitrogen functional groups attached to an aromatic ring is 3. The molecule has 1 fully saturated rings. The molecule has 286 valence electrons. The van der Waals surface area contributed by atoms with Crippen LogP contribution >= 0.6 is 0 Å². The second-order valence-electron chi connectivity index (χ2n) is 16.4. The second-order valence-corrected chi connectivity index (χ2v) is 16.4. The van der Waals surface area contributed by atoms with E-state index in [1.165, 1.54) is 48.1 Å². The highest BCUT2D eigenvalue weighted by molar-refractivity contribution is 5.92. The van der Waals surface area contributed by atoms with Gasteiger partial charge in [0.05, 0.1) is 91.6 Å². The fraction of sp³-hybridized carbons (Fsp3) is 0.372. The number of quaternary nitrogens is 2. The van der Waals surface area contributed by atoms with E-state index in [-0.39, 0.29) is 0 Å². The number of hydrogen-bond acceptors (Lipinski definition) is 4. The summed E-state index contributed by atoms with van der Waals surface area (Å²) in [7, 11) is 13.3. The van der Waals surface area contributed by atoms with Gasteiger partial charge >= 0.3 is 0 Å². The number of likely N-dealkylation sites (N-methyl/N-ethyl adjacent to an activating group) is 2. The molecule has 3 aromatic carbocycles. The number of rotatable bonds is 9. The Morgan fingerprint density at radius 2 is 1.04 bits per heavy atom. The van der Waals surface area contributed by atoms with Gasteiger partial charge in [-0.2, -0.15) is 0 Å². The molecule has 0 saturated carbocycles. The van der Waals surface area contributed by atoms with Crippen LogP contribution in [0.15, 0.2) is 110 Å². The van der Waals surface area contributed by atoms with E-state index in [1.807, 2.05) is 54.2 Å². The molecule has 54 heavy (non-hydrogen) atoms. The molecule has 1 saturated heterocycles. The van der Waals surface area contributed by atoms with Gasteiger partial charge < -0.3 is 39.9 Å². The van der Waals surface area contributed by atoms with Crippen LogP contribution in [-0.2, 0) is 33.2 Å². The van der Waals surface area contributed by atoms with Crippen molar-refractivity contribution in [2.75, 3.05) is 91.7 Å². The maximum atomic E-state index is 6.01. The Labute approximate surface area is 320 Å². The van der Waals surface area contributed by atoms with Crippen LogP contribution in [-0.4, -0.2) is 107 Å². The molecule has 0 aliphatic carbocycles. The number of benzene rings is 3. The van der Waals surface area contributed by atoms with E-state index in [9.17, 15) is 0 Å². The molecule has 8 rings (SSSR count). The Morgan fingerprint density at radius 3 is 1.46 bits per heavy atom. The van der Waals surface area contributed by atoms with Crippen molar-refractivity contribution in [1.82, 2.24) is 23.2 Å². The zero-order valence-electron chi connectivity index (χ0n) is 33.3. The number of piperazine rings is 1. The zero-order chi connectivity index (χ0) is 38.5. The van der Waals surface area contributed by atoms with Crippen molar-refractivity contribution in [2.24, 2.45) is 7.05 Å². The van der Waals surface area contributed by atoms with Gasteiger partial charge in [0.15, 0.2) is 0 Å². The molecule has 1 aliphatic rings. The van der Waals surface area contributed by atoms with Gasteiger partial charge in [-0.15, -0.1) is 0 Å². The fourth-order valence-corrected chi connectivity index (χ4v) is 7.11. The van der Waals surface area contributed by atoms with Crippen molar-refractivity contribution in [3.05, 3.63) is 110 Å². The van der Waals surface area contributed by atoms with Crippen molar-refractivity contribution in [1.29, 1.82) is 0 Å². The molecule has 6 N–H and O–H groups in total. The lowest BCUT2D eigenvalue weighted by Gasteiger charge is -2.39. The number of aryl methyl sites for hydroxylation is 3. The normalized spacial score (nSPS) is 14.6. The van der Waals surface area contributed by atoms with Crippen LogP contribution in [0.5, 0.6) is 0 Å². The Hall–Kier alpha value is -5.23. The van der Waals surface area contributed by atoms with Crippen molar-refractivity contribution in [3.63, 3.8) is 0 Å². The minimum absolute atomic E-state index is 0.846. The van der Waals surface area contributed by atoms with Gasteiger partial charge in [-0.25, -0.2) is 9.13 Å². The Balaban J connectivity index is 0.000000139. The van der Waals surface area contributed by atoms with E-state index < -0.39 is 0 Å². The predicted molar refractivity (Wildman–Crippen MR) is 226 cm³/mol. The summed E-state index contributed by atoms with van der Waals surface area (Å²) in [6.07, 6.45) is 12.6. The van der Waals surface area contributed by atoms with Crippen molar-refractivity contribution in [3.8, 4) is 0 Å². The molecular weight excluding hydrogens is 671 g/mol. The highest BCUT2D eigenvalue weighted by atomic mass is 15.4. The maximum Gasteiger partial charge on any atom is 0.243 e. The highest BCUT2D eigenvalue weighted by Gasteiger charge is 2.23. The smallest absolute Gasteiger partial charge is 0.243 e. The summed E-state index contributed by atoms with van der Waals surface area (Å²) in [5.74, 6) is 0. The third-order valence-electron chi connectivity index (χ3n) is 10.7. The van der Waals surface area contributed by atoms with Crippen LogP contribution in [0.1, 0.15) is 0 Å². The highest BCUT2D eigenvalue weighted by Crippen LogP contribution is 2.24. The Kier molecular flexibility index (Phi) is 11.7. The van der Waals surface area contributed by atoms with Crippen LogP contribution in [0, 0.1) is 0 Å². The van der Waals surface area contributed by atoms with Gasteiger partial charge in [-0.05, 0) is 54.6 Å². The molecule has 7 aromatic rings. The average molecular weight is 733 g/mol. The van der Waals surface area contributed by atoms with Crippen LogP contribution in [0.2, 0.25) is 0 Å². The van der Waals surface area contributed by atoms with Gasteiger partial charge in [-0.3, -0.25) is 4.90 Å². The van der Waals surface area contributed by atoms with Crippen LogP contribution in [0.4, 0.5) is 17.1 Å². The summed E-state index contributed by atoms with van der Waals surface area (Å²) < 4.78 is 13.2. The predicted octanol–water partition coefficient (Wildman–Crippen LogP) is 5.09. The summed E-state index contributed by atoms with van der Waals surface area (Å²) in [5, 5.41) is 3.46. The first-order valence-electron chi connectivity index (χ1n) is 19.1. The molecule has 5 heterocycles. The monoisotopic (exact) mass is 733 g/mol. The summed E-state index contributed by atoms with van der Waals surface area (Å²) in [6.45, 7) is 11.1. The topological polar surface area (TPSA) is 105 Å². The first-order valence-corrected chi connectivity index (χ1v) is 19.1. The third kappa shape index (κ3) is 9.65. The summed E-state index contributed by atoms with van der Waals surface area (Å²) >= 11 is 0. The van der Waals surface area contributed by atoms with Gasteiger partial charge in [0.25, 0.3) is 0 Å². The maximum absolute atomic E-state index is 6.01. The molecule has 1 aliphatic heterocycles. The number of nitrogens with zero attached hydrogens (tertiary/aromatic N) is 8. The van der Waals surface area contributed by atoms with E-state index in [4.69, 9.17) is 17.2 Å². The molecule has 0 radical (unpaired) electrons. The van der Waals surface area contributed by atoms with Gasteiger partial charge in [0.1, 0.15) is 18.9 Å². The second kappa shape index (κ2) is 16.4. The number of aromatic nitrogens is 5. The summed E-state index contributed by atoms with van der Waals surface area (Å²) in [4.78, 5) is 2.57. The fourth-order valence-electron chi connectivity index (χ4n) is 7.11. The quantitative estimate of drug-likeness (QED) is 0.109. The minimum atomic E-state index is 0.846. The Bertz CT molecular complexity index is 2270. The lowest BCUT2D eigenvalue weighted by Crippen LogP contribution is -2.55. The molecule has 0 atom stereocenters. The number of nitrogens with two attached hydrogens (primary N) is 3. The van der Waals surface area contributed by atoms with E-state index >= 15 is 0 Å². The molecule has 0 bridgehead atoms. The number of anilines is 3. The zero-order valence-corrected chi connectivity index (χ0v) is 33.3. The van der Waals surface area contributed by atoms with Gasteiger partial charge in [0.2, 0.25) is 6.33 Å². The third-order valence-corrected chi connectivity index (χ3v) is 10.7. The van der Waals surface area contributed by atoms with Crippen LogP contribution in [0.3, 0.4) is 0 Å². The molecule has 11 nitrogen and oxygen atoms in total. The standard InChI is InChI=1S/C16H25N4.C14H17N4.C13H20N3/c1-20(2)12-10-18(11-13-20)8-9-19-7-6-14-15(17)4-3-5-16(14)19;1-16-7-8-17(11-16)9-10-18-6-5-12-13(15)3-2-4-14(12)18;1-16(2,3)10-9-15-8-7-11-12(14)5-4-6-13(11)15/h3-7H,8-13,17H2,1-2H3;2-8,11H,9-10,15H2,1H3;4-8H,9-10,14H2,1-3H3/q3*+1. The summed E-state index contributed by atoms with van der Waals surface area (Å²) in [6, 6.07) is 24.6. The Morgan fingerprint density at radius 1 is 0.593 bits per heavy atom. The van der Waals surface area contributed by atoms with Crippen LogP contribution < -0.4 is 21.8 Å². The van der Waals surface area contributed by atoms with Crippen molar-refractivity contribution in [2.45, 2.75) is 26.2 Å². The SMILES string of the molecule is C[N+](C)(C)CCn1ccc2c(N)cccc21.C[N+]1(C)CCN(CCn2ccc3c(N)cccc32)CC1.C[n+]1ccn(CCn2ccc3c(N)cccc32)c1. The summed E-state index contributed by atoms with van der Waals surface area (Å²) in [5.41, 5.74) is 24.2. The molecule has 4 aromatic heterocycles. The number of hydrogen-bond donors (Lipinski definition) is 3. The largest absolute Gasteiger partial charge is 0.398 e. The van der Waals surface area contributed by atoms with E-state index in [2.05, 4.69) is 126 Å². The first-order chi connectivity index (χ1) is 25.8. The van der Waals surface area contributed by atoms with Crippen molar-refractivity contribution < 1.29 is 13.5 Å². The lowest BCUT2D eigenvalue weighted by molar-refractivity contribution is -0.894. The van der Waals surface area contributed by atoms with E-state index in [0.29, 0.717) is 0 Å². The lowest BCUT2D eigenvalue weighted by atomic mass is 10.2. The molecule has 0 amide bonds. The van der Waals surface area contributed by atoms with Gasteiger partial charge in [-0.1, -0.05) is 18.2 Å². The average Bonchev–Trinajstić information content (AvgIpc) is 3.94. The number of fused-ring (bicyclic) bond motifs is 3. The van der Waals surface area contributed by atoms with Crippen molar-refractivity contribution >= 4 is 49.8 Å². The minimum Gasteiger partial charge on any atom is -0.398 e. The molecule has 0 unspecified atom stereocenters. The van der Waals surface area contributed by atoms with Crippen LogP contribution in [0.25, 0.3) is 32.7 Å². The molecular formula is C43H62N11+3.